The molecular weight excluding hydrogens is 390 g/mol. The monoisotopic (exact) mass is 398 g/mol. The first kappa shape index (κ1) is 19.3. The van der Waals surface area contributed by atoms with Gasteiger partial charge < -0.3 is 10.6 Å². The Kier molecular flexibility index (Phi) is 5.48. The van der Waals surface area contributed by atoms with Crippen LogP contribution in [0, 0.1) is 0 Å². The summed E-state index contributed by atoms with van der Waals surface area (Å²) in [6.45, 7) is 0. The van der Waals surface area contributed by atoms with Crippen LogP contribution in [-0.4, -0.2) is 5.11 Å². The lowest BCUT2D eigenvalue weighted by Crippen LogP contribution is -2.22. The molecule has 2 aromatic carbocycles. The van der Waals surface area contributed by atoms with Crippen molar-refractivity contribution >= 4 is 40.3 Å². The third-order valence-corrected chi connectivity index (χ3v) is 3.56. The first-order valence-electron chi connectivity index (χ1n) is 6.59. The van der Waals surface area contributed by atoms with Crippen LogP contribution < -0.4 is 10.6 Å². The van der Waals surface area contributed by atoms with Gasteiger partial charge in [-0.05, 0) is 42.5 Å². The van der Waals surface area contributed by atoms with E-state index in [9.17, 15) is 26.3 Å². The second kappa shape index (κ2) is 7.09. The summed E-state index contributed by atoms with van der Waals surface area (Å²) in [7, 11) is 0. The molecule has 0 amide bonds. The maximum Gasteiger partial charge on any atom is 0.418 e. The van der Waals surface area contributed by atoms with Gasteiger partial charge in [0.05, 0.1) is 27.5 Å². The summed E-state index contributed by atoms with van der Waals surface area (Å²) in [6.07, 6.45) is -9.22. The Morgan fingerprint density at radius 3 is 2.04 bits per heavy atom. The van der Waals surface area contributed by atoms with Crippen LogP contribution in [0.1, 0.15) is 11.1 Å². The molecule has 0 spiro atoms. The molecule has 2 N–H and O–H groups in total. The number of hydrogen-bond donors (Lipinski definition) is 2. The van der Waals surface area contributed by atoms with Gasteiger partial charge in [0.25, 0.3) is 0 Å². The standard InChI is InChI=1S/C15H9ClF6N2S/c16-10-6-5-8(14(17,18)19)7-12(10)24-13(25)23-11-4-2-1-3-9(11)15(20,21)22/h1-7H,(H2,23,24,25). The van der Waals surface area contributed by atoms with Crippen LogP contribution in [0.4, 0.5) is 37.7 Å². The van der Waals surface area contributed by atoms with Crippen LogP contribution in [0.25, 0.3) is 0 Å². The highest BCUT2D eigenvalue weighted by Gasteiger charge is 2.33. The van der Waals surface area contributed by atoms with E-state index in [1.54, 1.807) is 0 Å². The zero-order chi connectivity index (χ0) is 18.8. The highest BCUT2D eigenvalue weighted by molar-refractivity contribution is 7.80. The molecule has 10 heteroatoms. The molecule has 0 aliphatic rings. The van der Waals surface area contributed by atoms with Crippen molar-refractivity contribution in [3.63, 3.8) is 0 Å². The molecule has 0 aliphatic carbocycles. The topological polar surface area (TPSA) is 24.1 Å². The molecule has 25 heavy (non-hydrogen) atoms. The molecule has 0 saturated carbocycles. The lowest BCUT2D eigenvalue weighted by molar-refractivity contribution is -0.138. The van der Waals surface area contributed by atoms with Gasteiger partial charge in [0.2, 0.25) is 0 Å². The lowest BCUT2D eigenvalue weighted by Gasteiger charge is -2.17. The number of halogens is 7. The van der Waals surface area contributed by atoms with E-state index in [1.807, 2.05) is 0 Å². The Labute approximate surface area is 148 Å². The number of benzene rings is 2. The molecule has 0 heterocycles. The molecule has 2 aromatic rings. The second-order valence-corrected chi connectivity index (χ2v) is 5.63. The fraction of sp³-hybridized carbons (Fsp3) is 0.133. The zero-order valence-corrected chi connectivity index (χ0v) is 13.7. The summed E-state index contributed by atoms with van der Waals surface area (Å²) < 4.78 is 76.9. The van der Waals surface area contributed by atoms with Crippen LogP contribution in [0.15, 0.2) is 42.5 Å². The summed E-state index contributed by atoms with van der Waals surface area (Å²) in [5, 5.41) is 4.28. The van der Waals surface area contributed by atoms with Gasteiger partial charge in [-0.25, -0.2) is 0 Å². The van der Waals surface area contributed by atoms with E-state index in [-0.39, 0.29) is 21.5 Å². The van der Waals surface area contributed by atoms with Crippen molar-refractivity contribution in [1.29, 1.82) is 0 Å². The molecule has 0 fully saturated rings. The molecule has 0 bridgehead atoms. The predicted octanol–water partition coefficient (Wildman–Crippen LogP) is 6.19. The zero-order valence-electron chi connectivity index (χ0n) is 12.1. The molecule has 2 rings (SSSR count). The molecule has 0 aliphatic heterocycles. The minimum Gasteiger partial charge on any atom is -0.332 e. The third-order valence-electron chi connectivity index (χ3n) is 3.02. The van der Waals surface area contributed by atoms with Crippen LogP contribution >= 0.6 is 23.8 Å². The van der Waals surface area contributed by atoms with Gasteiger partial charge in [0.1, 0.15) is 0 Å². The Morgan fingerprint density at radius 1 is 0.840 bits per heavy atom. The van der Waals surface area contributed by atoms with Gasteiger partial charge in [-0.1, -0.05) is 23.7 Å². The van der Waals surface area contributed by atoms with E-state index in [1.165, 1.54) is 12.1 Å². The van der Waals surface area contributed by atoms with E-state index in [4.69, 9.17) is 23.8 Å². The van der Waals surface area contributed by atoms with Crippen LogP contribution in [0.3, 0.4) is 0 Å². The van der Waals surface area contributed by atoms with Crippen LogP contribution in [0.2, 0.25) is 5.02 Å². The Hall–Kier alpha value is -2.00. The van der Waals surface area contributed by atoms with Crippen molar-refractivity contribution in [2.24, 2.45) is 0 Å². The molecule has 0 unspecified atom stereocenters. The molecule has 2 nitrogen and oxygen atoms in total. The number of para-hydroxylation sites is 1. The normalized spacial score (nSPS) is 12.0. The minimum atomic E-state index is -4.62. The molecule has 0 aromatic heterocycles. The molecular formula is C15H9ClF6N2S. The van der Waals surface area contributed by atoms with Crippen molar-refractivity contribution in [1.82, 2.24) is 0 Å². The fourth-order valence-electron chi connectivity index (χ4n) is 1.91. The average molecular weight is 399 g/mol. The molecule has 0 saturated heterocycles. The minimum absolute atomic E-state index is 0.0683. The highest BCUT2D eigenvalue weighted by Crippen LogP contribution is 2.36. The highest BCUT2D eigenvalue weighted by atomic mass is 35.5. The van der Waals surface area contributed by atoms with Gasteiger partial charge >= 0.3 is 12.4 Å². The first-order valence-corrected chi connectivity index (χ1v) is 7.38. The van der Waals surface area contributed by atoms with Crippen LogP contribution in [0.5, 0.6) is 0 Å². The third kappa shape index (κ3) is 4.99. The number of hydrogen-bond acceptors (Lipinski definition) is 1. The summed E-state index contributed by atoms with van der Waals surface area (Å²) >= 11 is 10.7. The number of anilines is 2. The fourth-order valence-corrected chi connectivity index (χ4v) is 2.30. The lowest BCUT2D eigenvalue weighted by atomic mass is 10.1. The number of alkyl halides is 6. The van der Waals surface area contributed by atoms with Gasteiger partial charge in [-0.3, -0.25) is 0 Å². The van der Waals surface area contributed by atoms with Crippen molar-refractivity contribution in [2.45, 2.75) is 12.4 Å². The van der Waals surface area contributed by atoms with Gasteiger partial charge in [-0.15, -0.1) is 0 Å². The summed E-state index contributed by atoms with van der Waals surface area (Å²) in [6, 6.07) is 7.06. The number of thiocarbonyl (C=S) groups is 1. The Morgan fingerprint density at radius 2 is 1.44 bits per heavy atom. The second-order valence-electron chi connectivity index (χ2n) is 4.81. The maximum atomic E-state index is 12.9. The number of nitrogens with one attached hydrogen (secondary N) is 2. The van der Waals surface area contributed by atoms with E-state index >= 15 is 0 Å². The van der Waals surface area contributed by atoms with Gasteiger partial charge in [-0.2, -0.15) is 26.3 Å². The van der Waals surface area contributed by atoms with E-state index < -0.39 is 23.5 Å². The SMILES string of the molecule is FC(F)(F)c1ccc(Cl)c(NC(=S)Nc2ccccc2C(F)(F)F)c1. The van der Waals surface area contributed by atoms with E-state index in [0.29, 0.717) is 6.07 Å². The Balaban J connectivity index is 2.22. The summed E-state index contributed by atoms with van der Waals surface area (Å²) in [5.74, 6) is 0. The maximum absolute atomic E-state index is 12.9. The van der Waals surface area contributed by atoms with E-state index in [0.717, 1.165) is 24.3 Å². The van der Waals surface area contributed by atoms with E-state index in [2.05, 4.69) is 10.6 Å². The van der Waals surface area contributed by atoms with Gasteiger partial charge in [0, 0.05) is 0 Å². The van der Waals surface area contributed by atoms with Gasteiger partial charge in [0.15, 0.2) is 5.11 Å². The van der Waals surface area contributed by atoms with Crippen molar-refractivity contribution in [2.75, 3.05) is 10.6 Å². The van der Waals surface area contributed by atoms with Crippen molar-refractivity contribution < 1.29 is 26.3 Å². The summed E-state index contributed by atoms with van der Waals surface area (Å²) in [4.78, 5) is 0. The molecule has 134 valence electrons. The molecule has 0 radical (unpaired) electrons. The first-order chi connectivity index (χ1) is 11.5. The largest absolute Gasteiger partial charge is 0.418 e. The summed E-state index contributed by atoms with van der Waals surface area (Å²) in [5.41, 5.74) is -2.46. The van der Waals surface area contributed by atoms with Crippen molar-refractivity contribution in [3.8, 4) is 0 Å². The number of rotatable bonds is 2. The predicted molar refractivity (Wildman–Crippen MR) is 87.7 cm³/mol. The molecule has 0 atom stereocenters. The van der Waals surface area contributed by atoms with Crippen molar-refractivity contribution in [3.05, 3.63) is 58.6 Å². The quantitative estimate of drug-likeness (QED) is 0.466. The average Bonchev–Trinajstić information content (AvgIpc) is 2.47. The van der Waals surface area contributed by atoms with Crippen LogP contribution in [-0.2, 0) is 12.4 Å². The Bertz CT molecular complexity index is 788. The smallest absolute Gasteiger partial charge is 0.332 e.